The van der Waals surface area contributed by atoms with Gasteiger partial charge in [0.05, 0.1) is 11.9 Å². The lowest BCUT2D eigenvalue weighted by atomic mass is 9.93. The number of hydrogen-bond acceptors (Lipinski definition) is 2. The zero-order chi connectivity index (χ0) is 11.3. The van der Waals surface area contributed by atoms with E-state index < -0.39 is 0 Å². The minimum Gasteiger partial charge on any atom is -0.495 e. The van der Waals surface area contributed by atoms with Crippen LogP contribution in [0.15, 0.2) is 12.3 Å². The van der Waals surface area contributed by atoms with Crippen LogP contribution in [-0.2, 0) is 4.74 Å². The molecule has 1 unspecified atom stereocenters. The number of rotatable bonds is 5. The van der Waals surface area contributed by atoms with Crippen LogP contribution in [0.3, 0.4) is 0 Å². The van der Waals surface area contributed by atoms with Crippen LogP contribution in [0.5, 0.6) is 0 Å². The topological polar surface area (TPSA) is 29.5 Å². The first-order valence-electron chi connectivity index (χ1n) is 6.18. The van der Waals surface area contributed by atoms with E-state index >= 15 is 0 Å². The van der Waals surface area contributed by atoms with Gasteiger partial charge in [0.15, 0.2) is 0 Å². The summed E-state index contributed by atoms with van der Waals surface area (Å²) in [5, 5.41) is 9.59. The highest BCUT2D eigenvalue weighted by Gasteiger charge is 2.23. The van der Waals surface area contributed by atoms with Crippen LogP contribution in [0.4, 0.5) is 0 Å². The minimum absolute atomic E-state index is 0.196. The molecule has 88 valence electrons. The van der Waals surface area contributed by atoms with Gasteiger partial charge >= 0.3 is 0 Å². The Bertz CT molecular complexity index is 197. The number of ether oxygens (including phenoxy) is 1. The summed E-state index contributed by atoms with van der Waals surface area (Å²) in [6, 6.07) is 0. The Kier molecular flexibility index (Phi) is 5.16. The summed E-state index contributed by atoms with van der Waals surface area (Å²) in [5.41, 5.74) is 0. The van der Waals surface area contributed by atoms with E-state index in [0.29, 0.717) is 6.42 Å². The molecule has 15 heavy (non-hydrogen) atoms. The molecule has 0 saturated carbocycles. The maximum absolute atomic E-state index is 9.59. The summed E-state index contributed by atoms with van der Waals surface area (Å²) in [4.78, 5) is 0. The lowest BCUT2D eigenvalue weighted by molar-refractivity contribution is -0.00440. The summed E-state index contributed by atoms with van der Waals surface area (Å²) in [6.07, 6.45) is 6.10. The summed E-state index contributed by atoms with van der Waals surface area (Å²) in [7, 11) is 0. The van der Waals surface area contributed by atoms with Gasteiger partial charge in [-0.3, -0.25) is 0 Å². The fraction of sp³-hybridized carbons (Fsp3) is 0.846. The van der Waals surface area contributed by atoms with Crippen molar-refractivity contribution in [3.63, 3.8) is 0 Å². The molecule has 0 bridgehead atoms. The maximum atomic E-state index is 9.59. The Balaban J connectivity index is 2.28. The third-order valence-corrected chi connectivity index (χ3v) is 3.38. The molecule has 2 atom stereocenters. The fourth-order valence-electron chi connectivity index (χ4n) is 2.28. The second-order valence-electron chi connectivity index (χ2n) is 4.63. The second kappa shape index (κ2) is 6.16. The van der Waals surface area contributed by atoms with E-state index in [-0.39, 0.29) is 12.2 Å². The van der Waals surface area contributed by atoms with Crippen molar-refractivity contribution in [1.82, 2.24) is 0 Å². The first-order valence-corrected chi connectivity index (χ1v) is 6.18. The molecule has 1 aliphatic rings. The van der Waals surface area contributed by atoms with Gasteiger partial charge in [-0.15, -0.1) is 0 Å². The summed E-state index contributed by atoms with van der Waals surface area (Å²) >= 11 is 0. The average molecular weight is 212 g/mol. The number of aliphatic hydroxyl groups is 1. The first-order chi connectivity index (χ1) is 7.15. The van der Waals surface area contributed by atoms with Crippen molar-refractivity contribution >= 4 is 0 Å². The van der Waals surface area contributed by atoms with Gasteiger partial charge in [-0.2, -0.15) is 0 Å². The summed E-state index contributed by atoms with van der Waals surface area (Å²) in [6.45, 7) is 8.28. The molecule has 0 amide bonds. The van der Waals surface area contributed by atoms with Crippen LogP contribution in [0.1, 0.15) is 52.4 Å². The number of aliphatic hydroxyl groups excluding tert-OH is 1. The van der Waals surface area contributed by atoms with E-state index in [9.17, 15) is 5.11 Å². The van der Waals surface area contributed by atoms with Crippen molar-refractivity contribution in [2.24, 2.45) is 5.92 Å². The van der Waals surface area contributed by atoms with Crippen molar-refractivity contribution < 1.29 is 9.84 Å². The molecule has 1 heterocycles. The monoisotopic (exact) mass is 212 g/mol. The Morgan fingerprint density at radius 2 is 2.13 bits per heavy atom. The Labute approximate surface area is 93.3 Å². The maximum Gasteiger partial charge on any atom is 0.101 e. The Morgan fingerprint density at radius 3 is 2.67 bits per heavy atom. The molecule has 0 aliphatic carbocycles. The van der Waals surface area contributed by atoms with E-state index in [1.807, 2.05) is 0 Å². The molecule has 0 aromatic heterocycles. The van der Waals surface area contributed by atoms with Crippen LogP contribution in [0.25, 0.3) is 0 Å². The van der Waals surface area contributed by atoms with Gasteiger partial charge in [0, 0.05) is 12.8 Å². The van der Waals surface area contributed by atoms with Gasteiger partial charge < -0.3 is 9.84 Å². The van der Waals surface area contributed by atoms with E-state index in [0.717, 1.165) is 24.5 Å². The predicted molar refractivity (Wildman–Crippen MR) is 62.6 cm³/mol. The van der Waals surface area contributed by atoms with Gasteiger partial charge in [-0.05, 0) is 18.8 Å². The van der Waals surface area contributed by atoms with Crippen LogP contribution in [0, 0.1) is 5.92 Å². The largest absolute Gasteiger partial charge is 0.495 e. The third-order valence-electron chi connectivity index (χ3n) is 3.38. The summed E-state index contributed by atoms with van der Waals surface area (Å²) in [5.74, 6) is 1.56. The van der Waals surface area contributed by atoms with Crippen molar-refractivity contribution in [3.05, 3.63) is 12.3 Å². The van der Waals surface area contributed by atoms with Gasteiger partial charge in [0.1, 0.15) is 6.10 Å². The lowest BCUT2D eigenvalue weighted by Gasteiger charge is -2.29. The molecule has 0 aromatic rings. The van der Waals surface area contributed by atoms with Gasteiger partial charge in [-0.1, -0.05) is 33.3 Å². The number of hydrogen-bond donors (Lipinski definition) is 1. The molecule has 2 nitrogen and oxygen atoms in total. The highest BCUT2D eigenvalue weighted by atomic mass is 16.5. The minimum atomic E-state index is -0.238. The molecule has 0 radical (unpaired) electrons. The van der Waals surface area contributed by atoms with Gasteiger partial charge in [0.2, 0.25) is 0 Å². The van der Waals surface area contributed by atoms with E-state index in [1.54, 1.807) is 0 Å². The van der Waals surface area contributed by atoms with Gasteiger partial charge in [0.25, 0.3) is 0 Å². The zero-order valence-corrected chi connectivity index (χ0v) is 10.0. The molecular formula is C13H24O2. The Hall–Kier alpha value is -0.500. The van der Waals surface area contributed by atoms with E-state index in [2.05, 4.69) is 20.4 Å². The third kappa shape index (κ3) is 4.25. The van der Waals surface area contributed by atoms with Crippen LogP contribution in [0.2, 0.25) is 0 Å². The molecule has 1 N–H and O–H groups in total. The van der Waals surface area contributed by atoms with Crippen molar-refractivity contribution in [2.45, 2.75) is 64.6 Å². The van der Waals surface area contributed by atoms with E-state index in [1.165, 1.54) is 19.3 Å². The molecule has 1 saturated heterocycles. The second-order valence-corrected chi connectivity index (χ2v) is 4.63. The summed E-state index contributed by atoms with van der Waals surface area (Å²) < 4.78 is 5.64. The molecule has 1 rings (SSSR count). The highest BCUT2D eigenvalue weighted by Crippen LogP contribution is 2.26. The van der Waals surface area contributed by atoms with Crippen LogP contribution < -0.4 is 0 Å². The van der Waals surface area contributed by atoms with Gasteiger partial charge in [-0.25, -0.2) is 0 Å². The standard InChI is InChI=1S/C13H24O2/c1-4-11(5-2)6-7-13-9-12(14)8-10(3)15-13/h11-14H,3-9H2,1-2H3/t12-,13?/m0/s1. The molecular weight excluding hydrogens is 188 g/mol. The SMILES string of the molecule is C=C1C[C@H](O)CC(CCC(CC)CC)O1. The van der Waals surface area contributed by atoms with Crippen molar-refractivity contribution in [3.8, 4) is 0 Å². The van der Waals surface area contributed by atoms with Crippen molar-refractivity contribution in [1.29, 1.82) is 0 Å². The quantitative estimate of drug-likeness (QED) is 0.758. The zero-order valence-electron chi connectivity index (χ0n) is 10.0. The molecule has 2 heteroatoms. The average Bonchev–Trinajstić information content (AvgIpc) is 2.18. The van der Waals surface area contributed by atoms with Crippen molar-refractivity contribution in [2.75, 3.05) is 0 Å². The van der Waals surface area contributed by atoms with Crippen LogP contribution >= 0.6 is 0 Å². The lowest BCUT2D eigenvalue weighted by Crippen LogP contribution is -2.27. The molecule has 0 aromatic carbocycles. The first kappa shape index (κ1) is 12.6. The Morgan fingerprint density at radius 1 is 1.47 bits per heavy atom. The normalized spacial score (nSPS) is 26.8. The smallest absolute Gasteiger partial charge is 0.101 e. The highest BCUT2D eigenvalue weighted by molar-refractivity contribution is 4.92. The fourth-order valence-corrected chi connectivity index (χ4v) is 2.28. The van der Waals surface area contributed by atoms with Crippen LogP contribution in [-0.4, -0.2) is 17.3 Å². The molecule has 1 fully saturated rings. The predicted octanol–water partition coefficient (Wildman–Crippen LogP) is 3.26. The molecule has 1 aliphatic heterocycles. The van der Waals surface area contributed by atoms with E-state index in [4.69, 9.17) is 4.74 Å². The molecule has 0 spiro atoms.